The number of fused-ring (bicyclic) bond motifs is 1. The highest BCUT2D eigenvalue weighted by atomic mass is 32.1. The normalized spacial score (nSPS) is 15.1. The van der Waals surface area contributed by atoms with Crippen LogP contribution in [0.1, 0.15) is 23.0 Å². The molecule has 1 aliphatic heterocycles. The molecule has 0 bridgehead atoms. The predicted octanol–water partition coefficient (Wildman–Crippen LogP) is 4.14. The Balaban J connectivity index is 1.62. The molecule has 3 amide bonds. The first-order valence-electron chi connectivity index (χ1n) is 9.87. The number of carbonyl (C=O) groups is 3. The third kappa shape index (κ3) is 4.29. The SMILES string of the molecule is CCOc1ccccc1NC(=O)CC1C(=O)Nc2ccccc2N1C(=O)c1cccs1. The van der Waals surface area contributed by atoms with Gasteiger partial charge in [0.15, 0.2) is 0 Å². The van der Waals surface area contributed by atoms with E-state index in [0.717, 1.165) is 0 Å². The van der Waals surface area contributed by atoms with Gasteiger partial charge in [-0.15, -0.1) is 11.3 Å². The molecule has 0 radical (unpaired) electrons. The topological polar surface area (TPSA) is 87.7 Å². The molecule has 0 fully saturated rings. The van der Waals surface area contributed by atoms with Crippen LogP contribution in [0.15, 0.2) is 66.0 Å². The first-order valence-corrected chi connectivity index (χ1v) is 10.7. The Morgan fingerprint density at radius 1 is 1.10 bits per heavy atom. The molecule has 0 aliphatic carbocycles. The van der Waals surface area contributed by atoms with Crippen LogP contribution in [0.25, 0.3) is 0 Å². The number of amides is 3. The van der Waals surface area contributed by atoms with Crippen LogP contribution in [-0.2, 0) is 9.59 Å². The number of anilines is 3. The summed E-state index contributed by atoms with van der Waals surface area (Å²) in [5.41, 5.74) is 1.62. The molecule has 0 spiro atoms. The van der Waals surface area contributed by atoms with Gasteiger partial charge in [-0.25, -0.2) is 0 Å². The van der Waals surface area contributed by atoms with E-state index in [1.807, 2.05) is 13.0 Å². The van der Waals surface area contributed by atoms with Gasteiger partial charge in [-0.05, 0) is 42.6 Å². The maximum absolute atomic E-state index is 13.3. The van der Waals surface area contributed by atoms with Crippen LogP contribution in [0, 0.1) is 0 Å². The third-order valence-corrected chi connectivity index (χ3v) is 5.68. The lowest BCUT2D eigenvalue weighted by Gasteiger charge is -2.36. The number of nitrogens with one attached hydrogen (secondary N) is 2. The van der Waals surface area contributed by atoms with Gasteiger partial charge in [0.05, 0.1) is 35.0 Å². The first kappa shape index (κ1) is 20.6. The second-order valence-electron chi connectivity index (χ2n) is 6.86. The van der Waals surface area contributed by atoms with Crippen LogP contribution < -0.4 is 20.3 Å². The molecular weight excluding hydrogens is 414 g/mol. The molecule has 4 rings (SSSR count). The number of ether oxygens (including phenoxy) is 1. The van der Waals surface area contributed by atoms with E-state index in [0.29, 0.717) is 34.3 Å². The van der Waals surface area contributed by atoms with Crippen molar-refractivity contribution < 1.29 is 19.1 Å². The molecule has 1 unspecified atom stereocenters. The van der Waals surface area contributed by atoms with E-state index in [4.69, 9.17) is 4.74 Å². The molecule has 8 heteroatoms. The van der Waals surface area contributed by atoms with Gasteiger partial charge in [0.1, 0.15) is 11.8 Å². The van der Waals surface area contributed by atoms with Crippen molar-refractivity contribution >= 4 is 46.1 Å². The quantitative estimate of drug-likeness (QED) is 0.609. The van der Waals surface area contributed by atoms with Gasteiger partial charge in [0, 0.05) is 0 Å². The number of para-hydroxylation sites is 4. The molecule has 3 aromatic rings. The molecular formula is C23H21N3O4S. The Hall–Kier alpha value is -3.65. The van der Waals surface area contributed by atoms with Crippen LogP contribution in [-0.4, -0.2) is 30.4 Å². The molecule has 2 aromatic carbocycles. The van der Waals surface area contributed by atoms with Crippen molar-refractivity contribution in [2.24, 2.45) is 0 Å². The van der Waals surface area contributed by atoms with Gasteiger partial charge in [0.25, 0.3) is 5.91 Å². The molecule has 7 nitrogen and oxygen atoms in total. The highest BCUT2D eigenvalue weighted by molar-refractivity contribution is 7.12. The van der Waals surface area contributed by atoms with E-state index in [1.54, 1.807) is 60.0 Å². The van der Waals surface area contributed by atoms with Gasteiger partial charge in [-0.3, -0.25) is 19.3 Å². The van der Waals surface area contributed by atoms with Crippen LogP contribution in [0.3, 0.4) is 0 Å². The fourth-order valence-electron chi connectivity index (χ4n) is 3.47. The summed E-state index contributed by atoms with van der Waals surface area (Å²) in [6.07, 6.45) is -0.197. The molecule has 2 heterocycles. The lowest BCUT2D eigenvalue weighted by molar-refractivity contribution is -0.122. The summed E-state index contributed by atoms with van der Waals surface area (Å²) in [6, 6.07) is 16.7. The van der Waals surface area contributed by atoms with E-state index < -0.39 is 17.9 Å². The fourth-order valence-corrected chi connectivity index (χ4v) is 4.13. The van der Waals surface area contributed by atoms with Gasteiger partial charge >= 0.3 is 0 Å². The van der Waals surface area contributed by atoms with Crippen molar-refractivity contribution in [2.75, 3.05) is 22.1 Å². The number of benzene rings is 2. The third-order valence-electron chi connectivity index (χ3n) is 4.83. The molecule has 1 aliphatic rings. The fraction of sp³-hybridized carbons (Fsp3) is 0.174. The number of nitrogens with zero attached hydrogens (tertiary/aromatic N) is 1. The van der Waals surface area contributed by atoms with Crippen molar-refractivity contribution in [3.05, 3.63) is 70.9 Å². The predicted molar refractivity (Wildman–Crippen MR) is 121 cm³/mol. The van der Waals surface area contributed by atoms with Crippen molar-refractivity contribution in [3.63, 3.8) is 0 Å². The second-order valence-corrected chi connectivity index (χ2v) is 7.80. The lowest BCUT2D eigenvalue weighted by Crippen LogP contribution is -2.52. The Labute approximate surface area is 183 Å². The highest BCUT2D eigenvalue weighted by Crippen LogP contribution is 2.35. The largest absolute Gasteiger partial charge is 0.492 e. The van der Waals surface area contributed by atoms with E-state index in [2.05, 4.69) is 10.6 Å². The monoisotopic (exact) mass is 435 g/mol. The van der Waals surface area contributed by atoms with Crippen LogP contribution in [0.4, 0.5) is 17.1 Å². The molecule has 0 saturated heterocycles. The summed E-state index contributed by atoms with van der Waals surface area (Å²) in [4.78, 5) is 40.9. The zero-order valence-electron chi connectivity index (χ0n) is 16.8. The van der Waals surface area contributed by atoms with Crippen molar-refractivity contribution in [3.8, 4) is 5.75 Å². The van der Waals surface area contributed by atoms with Crippen molar-refractivity contribution in [2.45, 2.75) is 19.4 Å². The summed E-state index contributed by atoms with van der Waals surface area (Å²) >= 11 is 1.29. The minimum atomic E-state index is -0.983. The Kier molecular flexibility index (Phi) is 5.99. The highest BCUT2D eigenvalue weighted by Gasteiger charge is 2.38. The summed E-state index contributed by atoms with van der Waals surface area (Å²) in [6.45, 7) is 2.31. The minimum Gasteiger partial charge on any atom is -0.492 e. The van der Waals surface area contributed by atoms with Crippen LogP contribution in [0.2, 0.25) is 0 Å². The van der Waals surface area contributed by atoms with E-state index in [9.17, 15) is 14.4 Å². The summed E-state index contributed by atoms with van der Waals surface area (Å²) < 4.78 is 5.55. The van der Waals surface area contributed by atoms with Crippen LogP contribution in [0.5, 0.6) is 5.75 Å². The lowest BCUT2D eigenvalue weighted by atomic mass is 10.0. The number of thiophene rings is 1. The number of rotatable bonds is 6. The van der Waals surface area contributed by atoms with Gasteiger partial charge in [-0.2, -0.15) is 0 Å². The van der Waals surface area contributed by atoms with Gasteiger partial charge in [0.2, 0.25) is 11.8 Å². The van der Waals surface area contributed by atoms with E-state index in [-0.39, 0.29) is 12.3 Å². The summed E-state index contributed by atoms with van der Waals surface area (Å²) in [7, 11) is 0. The van der Waals surface area contributed by atoms with Gasteiger partial charge in [-0.1, -0.05) is 30.3 Å². The molecule has 31 heavy (non-hydrogen) atoms. The van der Waals surface area contributed by atoms with E-state index >= 15 is 0 Å². The second kappa shape index (κ2) is 9.01. The molecule has 1 aromatic heterocycles. The zero-order chi connectivity index (χ0) is 21.8. The Morgan fingerprint density at radius 2 is 1.87 bits per heavy atom. The minimum absolute atomic E-state index is 0.197. The molecule has 1 atom stereocenters. The van der Waals surface area contributed by atoms with Crippen LogP contribution >= 0.6 is 11.3 Å². The maximum Gasteiger partial charge on any atom is 0.269 e. The number of hydrogen-bond donors (Lipinski definition) is 2. The smallest absolute Gasteiger partial charge is 0.269 e. The summed E-state index contributed by atoms with van der Waals surface area (Å²) in [5, 5.41) is 7.41. The zero-order valence-corrected chi connectivity index (χ0v) is 17.6. The molecule has 0 saturated carbocycles. The first-order chi connectivity index (χ1) is 15.1. The maximum atomic E-state index is 13.3. The number of carbonyl (C=O) groups excluding carboxylic acids is 3. The van der Waals surface area contributed by atoms with Crippen molar-refractivity contribution in [1.82, 2.24) is 0 Å². The van der Waals surface area contributed by atoms with Gasteiger partial charge < -0.3 is 15.4 Å². The Morgan fingerprint density at radius 3 is 2.65 bits per heavy atom. The standard InChI is InChI=1S/C23H21N3O4S/c1-2-30-19-11-6-4-9-16(19)24-21(27)14-18-22(28)25-15-8-3-5-10-17(15)26(18)23(29)20-12-7-13-31-20/h3-13,18H,2,14H2,1H3,(H,24,27)(H,25,28). The number of hydrogen-bond acceptors (Lipinski definition) is 5. The van der Waals surface area contributed by atoms with Crippen molar-refractivity contribution in [1.29, 1.82) is 0 Å². The summed E-state index contributed by atoms with van der Waals surface area (Å²) in [5.74, 6) is -0.569. The average molecular weight is 436 g/mol. The average Bonchev–Trinajstić information content (AvgIpc) is 3.30. The Bertz CT molecular complexity index is 1110. The molecule has 158 valence electrons. The molecule has 2 N–H and O–H groups in total. The van der Waals surface area contributed by atoms with E-state index in [1.165, 1.54) is 16.2 Å².